The predicted molar refractivity (Wildman–Crippen MR) is 81.5 cm³/mol. The largest absolute Gasteiger partial charge is 0.396 e. The zero-order valence-electron chi connectivity index (χ0n) is 12.9. The van der Waals surface area contributed by atoms with Crippen LogP contribution in [0.2, 0.25) is 0 Å². The van der Waals surface area contributed by atoms with Gasteiger partial charge in [-0.25, -0.2) is 0 Å². The van der Waals surface area contributed by atoms with E-state index in [1.54, 1.807) is 0 Å². The molecule has 0 aromatic carbocycles. The normalized spacial score (nSPS) is 23.4. The average molecular weight is 279 g/mol. The Morgan fingerprint density at radius 2 is 2.10 bits per heavy atom. The number of hydrogen-bond donors (Lipinski definition) is 2. The summed E-state index contributed by atoms with van der Waals surface area (Å²) >= 11 is 0. The lowest BCUT2D eigenvalue weighted by molar-refractivity contribution is 0.152. The summed E-state index contributed by atoms with van der Waals surface area (Å²) in [5.41, 5.74) is 1.11. The standard InChI is InChI=1S/C16H29N3O/c1-3-15(4-2)19-10-9-14(18-19)11-17-16-8-6-5-7-13(16)12-20/h9-10,13,15-17,20H,3-8,11-12H2,1-2H3. The highest BCUT2D eigenvalue weighted by molar-refractivity contribution is 5.00. The zero-order chi connectivity index (χ0) is 14.4. The highest BCUT2D eigenvalue weighted by Gasteiger charge is 2.24. The summed E-state index contributed by atoms with van der Waals surface area (Å²) < 4.78 is 2.10. The molecule has 0 bridgehead atoms. The van der Waals surface area contributed by atoms with Crippen LogP contribution in [-0.4, -0.2) is 27.5 Å². The molecule has 114 valence electrons. The second-order valence-corrected chi connectivity index (χ2v) is 5.97. The molecule has 0 saturated heterocycles. The maximum absolute atomic E-state index is 9.44. The molecule has 1 aromatic rings. The van der Waals surface area contributed by atoms with Crippen LogP contribution in [0.5, 0.6) is 0 Å². The Bertz CT molecular complexity index is 387. The van der Waals surface area contributed by atoms with Crippen molar-refractivity contribution < 1.29 is 5.11 Å². The van der Waals surface area contributed by atoms with Crippen LogP contribution in [0.25, 0.3) is 0 Å². The first-order valence-electron chi connectivity index (χ1n) is 8.16. The molecule has 1 saturated carbocycles. The Hall–Kier alpha value is -0.870. The third kappa shape index (κ3) is 3.83. The molecule has 4 heteroatoms. The maximum Gasteiger partial charge on any atom is 0.0762 e. The van der Waals surface area contributed by atoms with E-state index >= 15 is 0 Å². The van der Waals surface area contributed by atoms with Gasteiger partial charge in [-0.15, -0.1) is 0 Å². The molecule has 1 heterocycles. The molecule has 1 aliphatic carbocycles. The highest BCUT2D eigenvalue weighted by atomic mass is 16.3. The van der Waals surface area contributed by atoms with Crippen molar-refractivity contribution in [3.05, 3.63) is 18.0 Å². The van der Waals surface area contributed by atoms with Gasteiger partial charge < -0.3 is 10.4 Å². The molecule has 0 amide bonds. The molecule has 2 N–H and O–H groups in total. The van der Waals surface area contributed by atoms with Crippen LogP contribution in [0.1, 0.15) is 64.1 Å². The maximum atomic E-state index is 9.44. The van der Waals surface area contributed by atoms with Gasteiger partial charge in [-0.3, -0.25) is 4.68 Å². The van der Waals surface area contributed by atoms with Gasteiger partial charge in [0.1, 0.15) is 0 Å². The van der Waals surface area contributed by atoms with Crippen molar-refractivity contribution in [3.8, 4) is 0 Å². The molecular weight excluding hydrogens is 250 g/mol. The number of aliphatic hydroxyl groups is 1. The topological polar surface area (TPSA) is 50.1 Å². The summed E-state index contributed by atoms with van der Waals surface area (Å²) in [6.07, 6.45) is 9.21. The molecule has 0 radical (unpaired) electrons. The van der Waals surface area contributed by atoms with Crippen LogP contribution in [0.15, 0.2) is 12.3 Å². The first-order chi connectivity index (χ1) is 9.78. The van der Waals surface area contributed by atoms with Crippen molar-refractivity contribution in [2.24, 2.45) is 5.92 Å². The number of rotatable bonds is 7. The fraction of sp³-hybridized carbons (Fsp3) is 0.812. The second kappa shape index (κ2) is 7.79. The molecule has 1 aromatic heterocycles. The van der Waals surface area contributed by atoms with Gasteiger partial charge in [0.25, 0.3) is 0 Å². The van der Waals surface area contributed by atoms with Crippen LogP contribution in [-0.2, 0) is 6.54 Å². The third-order valence-electron chi connectivity index (χ3n) is 4.67. The smallest absolute Gasteiger partial charge is 0.0762 e. The minimum atomic E-state index is 0.305. The molecule has 0 spiro atoms. The van der Waals surface area contributed by atoms with E-state index in [9.17, 15) is 5.11 Å². The first-order valence-corrected chi connectivity index (χ1v) is 8.16. The van der Waals surface area contributed by atoms with Gasteiger partial charge in [0.15, 0.2) is 0 Å². The predicted octanol–water partition coefficient (Wildman–Crippen LogP) is 2.88. The lowest BCUT2D eigenvalue weighted by Gasteiger charge is -2.30. The van der Waals surface area contributed by atoms with Gasteiger partial charge in [-0.2, -0.15) is 5.10 Å². The molecule has 2 unspecified atom stereocenters. The fourth-order valence-electron chi connectivity index (χ4n) is 3.27. The van der Waals surface area contributed by atoms with Crippen molar-refractivity contribution in [1.29, 1.82) is 0 Å². The fourth-order valence-corrected chi connectivity index (χ4v) is 3.27. The summed E-state index contributed by atoms with van der Waals surface area (Å²) in [5.74, 6) is 0.421. The van der Waals surface area contributed by atoms with Crippen LogP contribution in [0.4, 0.5) is 0 Å². The number of hydrogen-bond acceptors (Lipinski definition) is 3. The quantitative estimate of drug-likeness (QED) is 0.807. The van der Waals surface area contributed by atoms with Crippen molar-refractivity contribution in [2.75, 3.05) is 6.61 Å². The summed E-state index contributed by atoms with van der Waals surface area (Å²) in [6, 6.07) is 3.08. The molecule has 1 fully saturated rings. The number of nitrogens with zero attached hydrogens (tertiary/aromatic N) is 2. The Balaban J connectivity index is 1.87. The van der Waals surface area contributed by atoms with Crippen molar-refractivity contribution in [1.82, 2.24) is 15.1 Å². The lowest BCUT2D eigenvalue weighted by Crippen LogP contribution is -2.39. The average Bonchev–Trinajstić information content (AvgIpc) is 2.95. The number of aliphatic hydroxyl groups excluding tert-OH is 1. The van der Waals surface area contributed by atoms with Crippen molar-refractivity contribution in [3.63, 3.8) is 0 Å². The lowest BCUT2D eigenvalue weighted by atomic mass is 9.85. The Labute approximate surface area is 122 Å². The number of nitrogens with one attached hydrogen (secondary N) is 1. The second-order valence-electron chi connectivity index (χ2n) is 5.97. The van der Waals surface area contributed by atoms with E-state index in [1.165, 1.54) is 19.3 Å². The van der Waals surface area contributed by atoms with Gasteiger partial charge >= 0.3 is 0 Å². The van der Waals surface area contributed by atoms with E-state index in [1.807, 2.05) is 0 Å². The summed E-state index contributed by atoms with van der Waals surface area (Å²) in [6.45, 7) is 5.54. The van der Waals surface area contributed by atoms with Gasteiger partial charge in [0, 0.05) is 25.4 Å². The van der Waals surface area contributed by atoms with E-state index in [4.69, 9.17) is 0 Å². The molecule has 2 rings (SSSR count). The van der Waals surface area contributed by atoms with Gasteiger partial charge in [0.05, 0.1) is 11.7 Å². The van der Waals surface area contributed by atoms with Crippen molar-refractivity contribution in [2.45, 2.75) is 71.0 Å². The van der Waals surface area contributed by atoms with E-state index in [0.29, 0.717) is 24.6 Å². The van der Waals surface area contributed by atoms with E-state index in [-0.39, 0.29) is 0 Å². The Morgan fingerprint density at radius 3 is 2.80 bits per heavy atom. The van der Waals surface area contributed by atoms with E-state index in [0.717, 1.165) is 31.5 Å². The van der Waals surface area contributed by atoms with Gasteiger partial charge in [-0.1, -0.05) is 26.7 Å². The van der Waals surface area contributed by atoms with Crippen LogP contribution in [0, 0.1) is 5.92 Å². The molecule has 2 atom stereocenters. The minimum Gasteiger partial charge on any atom is -0.396 e. The molecule has 0 aliphatic heterocycles. The van der Waals surface area contributed by atoms with Gasteiger partial charge in [0.2, 0.25) is 0 Å². The monoisotopic (exact) mass is 279 g/mol. The summed E-state index contributed by atoms with van der Waals surface area (Å²) in [5, 5.41) is 17.7. The summed E-state index contributed by atoms with van der Waals surface area (Å²) in [4.78, 5) is 0. The van der Waals surface area contributed by atoms with E-state index in [2.05, 4.69) is 41.2 Å². The molecule has 1 aliphatic rings. The number of aromatic nitrogens is 2. The van der Waals surface area contributed by atoms with Crippen LogP contribution in [0.3, 0.4) is 0 Å². The van der Waals surface area contributed by atoms with Crippen molar-refractivity contribution >= 4 is 0 Å². The Morgan fingerprint density at radius 1 is 1.35 bits per heavy atom. The molecular formula is C16H29N3O. The Kier molecular flexibility index (Phi) is 6.05. The van der Waals surface area contributed by atoms with E-state index < -0.39 is 0 Å². The van der Waals surface area contributed by atoms with Gasteiger partial charge in [-0.05, 0) is 37.7 Å². The molecule has 20 heavy (non-hydrogen) atoms. The summed E-state index contributed by atoms with van der Waals surface area (Å²) in [7, 11) is 0. The third-order valence-corrected chi connectivity index (χ3v) is 4.67. The molecule has 4 nitrogen and oxygen atoms in total. The zero-order valence-corrected chi connectivity index (χ0v) is 12.9. The first kappa shape index (κ1) is 15.5. The SMILES string of the molecule is CCC(CC)n1ccc(CNC2CCCCC2CO)n1. The van der Waals surface area contributed by atoms with Crippen LogP contribution < -0.4 is 5.32 Å². The minimum absolute atomic E-state index is 0.305. The highest BCUT2D eigenvalue weighted by Crippen LogP contribution is 2.24. The van der Waals surface area contributed by atoms with Crippen LogP contribution >= 0.6 is 0 Å².